The Morgan fingerprint density at radius 3 is 2.42 bits per heavy atom. The third kappa shape index (κ3) is 4.71. The Bertz CT molecular complexity index is 236. The van der Waals surface area contributed by atoms with Gasteiger partial charge in [0.15, 0.2) is 0 Å². The third-order valence-corrected chi connectivity index (χ3v) is 4.67. The minimum atomic E-state index is 0.607. The van der Waals surface area contributed by atoms with Gasteiger partial charge in [0.1, 0.15) is 0 Å². The largest absolute Gasteiger partial charge is 0.381 e. The fraction of sp³-hybridized carbons (Fsp3) is 1.00. The van der Waals surface area contributed by atoms with E-state index >= 15 is 0 Å². The van der Waals surface area contributed by atoms with Crippen LogP contribution in [0.3, 0.4) is 0 Å². The van der Waals surface area contributed by atoms with Gasteiger partial charge >= 0.3 is 0 Å². The quantitative estimate of drug-likeness (QED) is 0.786. The van der Waals surface area contributed by atoms with E-state index in [-0.39, 0.29) is 0 Å². The normalized spacial score (nSPS) is 25.6. The second-order valence-corrected chi connectivity index (χ2v) is 6.07. The van der Waals surface area contributed by atoms with Crippen LogP contribution in [0.4, 0.5) is 0 Å². The van der Waals surface area contributed by atoms with Gasteiger partial charge in [-0.2, -0.15) is 0 Å². The fourth-order valence-electron chi connectivity index (χ4n) is 3.39. The molecule has 0 saturated carbocycles. The molecule has 2 N–H and O–H groups in total. The van der Waals surface area contributed by atoms with Crippen LogP contribution in [0.2, 0.25) is 0 Å². The third-order valence-electron chi connectivity index (χ3n) is 4.67. The first-order valence-corrected chi connectivity index (χ1v) is 8.07. The lowest BCUT2D eigenvalue weighted by atomic mass is 9.99. The van der Waals surface area contributed by atoms with Crippen LogP contribution in [-0.4, -0.2) is 68.3 Å². The zero-order valence-electron chi connectivity index (χ0n) is 12.5. The molecule has 0 aromatic rings. The molecule has 0 amide bonds. The minimum absolute atomic E-state index is 0.607. The maximum atomic E-state index is 5.90. The molecule has 0 aromatic heterocycles. The lowest BCUT2D eigenvalue weighted by Crippen LogP contribution is -2.53. The minimum Gasteiger partial charge on any atom is -0.381 e. The summed E-state index contributed by atoms with van der Waals surface area (Å²) in [4.78, 5) is 5.25. The van der Waals surface area contributed by atoms with Crippen molar-refractivity contribution in [3.8, 4) is 0 Å². The molecule has 2 aliphatic heterocycles. The molecule has 1 unspecified atom stereocenters. The molecule has 2 fully saturated rings. The summed E-state index contributed by atoms with van der Waals surface area (Å²) in [5.74, 6) is 0.862. The molecule has 0 aliphatic carbocycles. The van der Waals surface area contributed by atoms with Crippen molar-refractivity contribution in [2.75, 3.05) is 52.5 Å². The van der Waals surface area contributed by atoms with E-state index in [2.05, 4.69) is 16.7 Å². The molecule has 4 nitrogen and oxygen atoms in total. The molecular formula is C15H31N3O. The van der Waals surface area contributed by atoms with Gasteiger partial charge in [0.2, 0.25) is 0 Å². The Balaban J connectivity index is 1.69. The van der Waals surface area contributed by atoms with Crippen molar-refractivity contribution < 1.29 is 4.74 Å². The summed E-state index contributed by atoms with van der Waals surface area (Å²) in [6.45, 7) is 11.1. The highest BCUT2D eigenvalue weighted by Gasteiger charge is 2.24. The summed E-state index contributed by atoms with van der Waals surface area (Å²) in [5, 5.41) is 0. The van der Waals surface area contributed by atoms with Crippen LogP contribution in [0.1, 0.15) is 32.6 Å². The van der Waals surface area contributed by atoms with Crippen LogP contribution in [0.5, 0.6) is 0 Å². The van der Waals surface area contributed by atoms with Crippen LogP contribution in [0.25, 0.3) is 0 Å². The number of hydrogen-bond acceptors (Lipinski definition) is 4. The lowest BCUT2D eigenvalue weighted by Gasteiger charge is -2.40. The van der Waals surface area contributed by atoms with E-state index in [4.69, 9.17) is 10.5 Å². The van der Waals surface area contributed by atoms with Gasteiger partial charge < -0.3 is 15.4 Å². The van der Waals surface area contributed by atoms with Crippen molar-refractivity contribution in [1.29, 1.82) is 0 Å². The summed E-state index contributed by atoms with van der Waals surface area (Å²) < 4.78 is 5.44. The van der Waals surface area contributed by atoms with E-state index in [1.54, 1.807) is 0 Å². The highest BCUT2D eigenvalue weighted by Crippen LogP contribution is 2.18. The number of nitrogens with zero attached hydrogens (tertiary/aromatic N) is 2. The summed E-state index contributed by atoms with van der Waals surface area (Å²) in [5.41, 5.74) is 5.90. The van der Waals surface area contributed by atoms with E-state index in [9.17, 15) is 0 Å². The monoisotopic (exact) mass is 269 g/mol. The van der Waals surface area contributed by atoms with Gasteiger partial charge in [-0.15, -0.1) is 0 Å². The molecule has 2 heterocycles. The van der Waals surface area contributed by atoms with Gasteiger partial charge in [-0.3, -0.25) is 4.90 Å². The second-order valence-electron chi connectivity index (χ2n) is 6.07. The Morgan fingerprint density at radius 2 is 1.84 bits per heavy atom. The number of ether oxygens (including phenoxy) is 1. The number of hydrogen-bond donors (Lipinski definition) is 1. The Hall–Kier alpha value is -0.160. The SMILES string of the molecule is CCCC(CN)N1CCN(CC2CCOCC2)CC1. The number of piperazine rings is 1. The van der Waals surface area contributed by atoms with Gasteiger partial charge in [0, 0.05) is 58.5 Å². The molecule has 0 spiro atoms. The van der Waals surface area contributed by atoms with E-state index in [1.807, 2.05) is 0 Å². The highest BCUT2D eigenvalue weighted by molar-refractivity contribution is 4.80. The van der Waals surface area contributed by atoms with Crippen molar-refractivity contribution in [3.05, 3.63) is 0 Å². The number of rotatable bonds is 6. The molecule has 19 heavy (non-hydrogen) atoms. The topological polar surface area (TPSA) is 41.7 Å². The smallest absolute Gasteiger partial charge is 0.0469 e. The zero-order valence-corrected chi connectivity index (χ0v) is 12.5. The van der Waals surface area contributed by atoms with Crippen molar-refractivity contribution in [2.45, 2.75) is 38.6 Å². The maximum absolute atomic E-state index is 5.90. The van der Waals surface area contributed by atoms with Crippen molar-refractivity contribution in [3.63, 3.8) is 0 Å². The predicted molar refractivity (Wildman–Crippen MR) is 79.3 cm³/mol. The molecule has 2 rings (SSSR count). The molecular weight excluding hydrogens is 238 g/mol. The highest BCUT2D eigenvalue weighted by atomic mass is 16.5. The van der Waals surface area contributed by atoms with E-state index in [1.165, 1.54) is 58.4 Å². The Labute approximate surface area is 118 Å². The average Bonchev–Trinajstić information content (AvgIpc) is 2.47. The van der Waals surface area contributed by atoms with Gasteiger partial charge in [-0.1, -0.05) is 13.3 Å². The molecule has 4 heteroatoms. The first-order chi connectivity index (χ1) is 9.33. The molecule has 0 bridgehead atoms. The van der Waals surface area contributed by atoms with E-state index in [0.717, 1.165) is 25.7 Å². The van der Waals surface area contributed by atoms with Gasteiger partial charge in [-0.05, 0) is 25.2 Å². The van der Waals surface area contributed by atoms with Crippen molar-refractivity contribution >= 4 is 0 Å². The Kier molecular flexibility index (Phi) is 6.57. The molecule has 0 aromatic carbocycles. The summed E-state index contributed by atoms with van der Waals surface area (Å²) in [6, 6.07) is 0.607. The molecule has 2 saturated heterocycles. The van der Waals surface area contributed by atoms with Gasteiger partial charge in [-0.25, -0.2) is 0 Å². The second kappa shape index (κ2) is 8.20. The van der Waals surface area contributed by atoms with Gasteiger partial charge in [0.05, 0.1) is 0 Å². The first kappa shape index (κ1) is 15.2. The van der Waals surface area contributed by atoms with Crippen LogP contribution >= 0.6 is 0 Å². The average molecular weight is 269 g/mol. The van der Waals surface area contributed by atoms with Crippen LogP contribution in [0, 0.1) is 5.92 Å². The fourth-order valence-corrected chi connectivity index (χ4v) is 3.39. The first-order valence-electron chi connectivity index (χ1n) is 8.07. The summed E-state index contributed by atoms with van der Waals surface area (Å²) in [7, 11) is 0. The van der Waals surface area contributed by atoms with Crippen LogP contribution < -0.4 is 5.73 Å². The van der Waals surface area contributed by atoms with E-state index < -0.39 is 0 Å². The lowest BCUT2D eigenvalue weighted by molar-refractivity contribution is 0.0363. The summed E-state index contributed by atoms with van der Waals surface area (Å²) >= 11 is 0. The molecule has 1 atom stereocenters. The molecule has 112 valence electrons. The molecule has 0 radical (unpaired) electrons. The summed E-state index contributed by atoms with van der Waals surface area (Å²) in [6.07, 6.45) is 4.99. The Morgan fingerprint density at radius 1 is 1.16 bits per heavy atom. The standard InChI is InChI=1S/C15H31N3O/c1-2-3-15(12-16)18-8-6-17(7-9-18)13-14-4-10-19-11-5-14/h14-15H,2-13,16H2,1H3. The van der Waals surface area contributed by atoms with Crippen molar-refractivity contribution in [1.82, 2.24) is 9.80 Å². The predicted octanol–water partition coefficient (Wildman–Crippen LogP) is 1.16. The van der Waals surface area contributed by atoms with Crippen molar-refractivity contribution in [2.24, 2.45) is 11.7 Å². The maximum Gasteiger partial charge on any atom is 0.0469 e. The van der Waals surface area contributed by atoms with Crippen LogP contribution in [-0.2, 0) is 4.74 Å². The van der Waals surface area contributed by atoms with Gasteiger partial charge in [0.25, 0.3) is 0 Å². The van der Waals surface area contributed by atoms with E-state index in [0.29, 0.717) is 6.04 Å². The van der Waals surface area contributed by atoms with Crippen LogP contribution in [0.15, 0.2) is 0 Å². The zero-order chi connectivity index (χ0) is 13.5. The number of nitrogens with two attached hydrogens (primary N) is 1. The molecule has 2 aliphatic rings.